The van der Waals surface area contributed by atoms with Crippen molar-refractivity contribution in [3.8, 4) is 17.0 Å². The number of anilines is 1. The highest BCUT2D eigenvalue weighted by atomic mass is 35.5. The molecule has 2 amide bonds. The Balaban J connectivity index is 1.31. The number of halogens is 3. The molecular weight excluding hydrogens is 558 g/mol. The normalized spacial score (nSPS) is 19.1. The van der Waals surface area contributed by atoms with Crippen molar-refractivity contribution in [1.29, 1.82) is 0 Å². The number of hydrogen-bond acceptors (Lipinski definition) is 7. The molecule has 0 bridgehead atoms. The average molecular weight is 585 g/mol. The van der Waals surface area contributed by atoms with Crippen LogP contribution in [0.5, 0.6) is 5.75 Å². The molecule has 5 heterocycles. The summed E-state index contributed by atoms with van der Waals surface area (Å²) in [4.78, 5) is 35.0. The molecule has 0 aliphatic carbocycles. The number of amides is 2. The van der Waals surface area contributed by atoms with Crippen molar-refractivity contribution in [3.05, 3.63) is 59.6 Å². The van der Waals surface area contributed by atoms with E-state index in [4.69, 9.17) is 16.3 Å². The van der Waals surface area contributed by atoms with Gasteiger partial charge in [-0.05, 0) is 49.6 Å². The molecule has 3 aromatic heterocycles. The first-order chi connectivity index (χ1) is 19.7. The minimum atomic E-state index is -3.10. The van der Waals surface area contributed by atoms with E-state index in [0.29, 0.717) is 30.6 Å². The SMILES string of the molecule is CN1C[C@H]2CCN(C(=O)Cn3cc(NC(=O)c4cnn5cccnc45)c(-c4cc(Cl)ccc4OC(F)F)n3)C[C@@H]2C1. The lowest BCUT2D eigenvalue weighted by Crippen LogP contribution is -2.44. The lowest BCUT2D eigenvalue weighted by molar-refractivity contribution is -0.134. The van der Waals surface area contributed by atoms with Gasteiger partial charge in [0.15, 0.2) is 5.65 Å². The molecule has 11 nitrogen and oxygen atoms in total. The zero-order valence-corrected chi connectivity index (χ0v) is 22.8. The maximum absolute atomic E-state index is 13.3. The van der Waals surface area contributed by atoms with Gasteiger partial charge < -0.3 is 19.9 Å². The Bertz CT molecular complexity index is 1610. The molecule has 6 rings (SSSR count). The standard InChI is InChI=1S/C27H27ClF2N8O3/c1-35-11-16-5-8-36(13-17(16)12-35)23(39)15-37-14-21(33-26(40)20-10-32-38-7-2-6-31-25(20)38)24(34-37)19-9-18(28)3-4-22(19)41-27(29)30/h2-4,6-7,9-10,14,16-17,27H,5,8,11-13,15H2,1H3,(H,33,40)/t16-,17+/m1/s1. The maximum Gasteiger partial charge on any atom is 0.387 e. The number of rotatable bonds is 7. The van der Waals surface area contributed by atoms with Crippen molar-refractivity contribution < 1.29 is 23.1 Å². The second-order valence-electron chi connectivity index (χ2n) is 10.4. The van der Waals surface area contributed by atoms with E-state index in [9.17, 15) is 18.4 Å². The molecule has 0 unspecified atom stereocenters. The van der Waals surface area contributed by atoms with Crippen LogP contribution in [0.2, 0.25) is 5.02 Å². The Labute approximate surface area is 238 Å². The second kappa shape index (κ2) is 11.1. The number of piperidine rings is 1. The predicted octanol–water partition coefficient (Wildman–Crippen LogP) is 3.51. The van der Waals surface area contributed by atoms with Crippen LogP contribution in [0.1, 0.15) is 16.8 Å². The maximum atomic E-state index is 13.3. The molecule has 0 saturated carbocycles. The number of alkyl halides is 2. The molecule has 0 spiro atoms. The minimum absolute atomic E-state index is 0.0973. The molecule has 2 fully saturated rings. The molecule has 1 aromatic carbocycles. The molecule has 2 atom stereocenters. The average Bonchev–Trinajstić information content (AvgIpc) is 3.64. The van der Waals surface area contributed by atoms with E-state index < -0.39 is 12.5 Å². The summed E-state index contributed by atoms with van der Waals surface area (Å²) in [5.41, 5.74) is 0.951. The van der Waals surface area contributed by atoms with Gasteiger partial charge in [0.2, 0.25) is 5.91 Å². The molecule has 2 aliphatic rings. The Hall–Kier alpha value is -4.10. The molecule has 14 heteroatoms. The van der Waals surface area contributed by atoms with Crippen molar-refractivity contribution in [3.63, 3.8) is 0 Å². The van der Waals surface area contributed by atoms with Crippen LogP contribution < -0.4 is 10.1 Å². The summed E-state index contributed by atoms with van der Waals surface area (Å²) in [5.74, 6) is 0.179. The van der Waals surface area contributed by atoms with E-state index in [2.05, 4.69) is 32.4 Å². The van der Waals surface area contributed by atoms with Crippen molar-refractivity contribution in [1.82, 2.24) is 34.2 Å². The summed E-state index contributed by atoms with van der Waals surface area (Å²) in [5, 5.41) is 11.7. The number of nitrogens with one attached hydrogen (secondary N) is 1. The fraction of sp³-hybridized carbons (Fsp3) is 0.370. The van der Waals surface area contributed by atoms with Gasteiger partial charge in [0.25, 0.3) is 5.91 Å². The second-order valence-corrected chi connectivity index (χ2v) is 10.8. The zero-order valence-electron chi connectivity index (χ0n) is 22.1. The Morgan fingerprint density at radius 1 is 1.22 bits per heavy atom. The molecule has 0 radical (unpaired) electrons. The number of carbonyl (C=O) groups is 2. The number of fused-ring (bicyclic) bond motifs is 2. The van der Waals surface area contributed by atoms with E-state index in [1.54, 1.807) is 12.3 Å². The van der Waals surface area contributed by atoms with Crippen LogP contribution in [0.25, 0.3) is 16.9 Å². The molecule has 1 N–H and O–H groups in total. The van der Waals surface area contributed by atoms with Crippen LogP contribution in [0.3, 0.4) is 0 Å². The number of carbonyl (C=O) groups excluding carboxylic acids is 2. The summed E-state index contributed by atoms with van der Waals surface area (Å²) >= 11 is 6.21. The minimum Gasteiger partial charge on any atom is -0.434 e. The number of likely N-dealkylation sites (tertiary alicyclic amines) is 2. The monoisotopic (exact) mass is 584 g/mol. The van der Waals surface area contributed by atoms with Gasteiger partial charge in [-0.25, -0.2) is 9.50 Å². The van der Waals surface area contributed by atoms with Crippen molar-refractivity contribution in [2.24, 2.45) is 11.8 Å². The number of hydrogen-bond donors (Lipinski definition) is 1. The predicted molar refractivity (Wildman–Crippen MR) is 146 cm³/mol. The van der Waals surface area contributed by atoms with E-state index in [1.165, 1.54) is 46.0 Å². The molecule has 4 aromatic rings. The highest BCUT2D eigenvalue weighted by molar-refractivity contribution is 6.31. The van der Waals surface area contributed by atoms with Gasteiger partial charge in [-0.15, -0.1) is 0 Å². The van der Waals surface area contributed by atoms with Gasteiger partial charge >= 0.3 is 6.61 Å². The molecule has 2 saturated heterocycles. The Morgan fingerprint density at radius 3 is 2.88 bits per heavy atom. The fourth-order valence-electron chi connectivity index (χ4n) is 5.72. The molecular formula is C27H27ClF2N8O3. The largest absolute Gasteiger partial charge is 0.434 e. The van der Waals surface area contributed by atoms with Gasteiger partial charge in [0.1, 0.15) is 23.6 Å². The first-order valence-corrected chi connectivity index (χ1v) is 13.5. The summed E-state index contributed by atoms with van der Waals surface area (Å²) in [6.07, 6.45) is 7.00. The van der Waals surface area contributed by atoms with Gasteiger partial charge in [-0.1, -0.05) is 11.6 Å². The van der Waals surface area contributed by atoms with E-state index in [-0.39, 0.29) is 45.7 Å². The van der Waals surface area contributed by atoms with Crippen LogP contribution in [-0.2, 0) is 11.3 Å². The highest BCUT2D eigenvalue weighted by Crippen LogP contribution is 2.37. The topological polar surface area (TPSA) is 110 Å². The Morgan fingerprint density at radius 2 is 2.05 bits per heavy atom. The van der Waals surface area contributed by atoms with Crippen molar-refractivity contribution in [2.75, 3.05) is 38.5 Å². The molecule has 2 aliphatic heterocycles. The third kappa shape index (κ3) is 5.59. The number of benzene rings is 1. The quantitative estimate of drug-likeness (QED) is 0.354. The summed E-state index contributed by atoms with van der Waals surface area (Å²) < 4.78 is 34.0. The molecule has 41 heavy (non-hydrogen) atoms. The zero-order chi connectivity index (χ0) is 28.7. The first kappa shape index (κ1) is 27.1. The van der Waals surface area contributed by atoms with Crippen molar-refractivity contribution >= 4 is 34.7 Å². The van der Waals surface area contributed by atoms with Gasteiger partial charge in [0, 0.05) is 55.4 Å². The van der Waals surface area contributed by atoms with E-state index >= 15 is 0 Å². The number of ether oxygens (including phenoxy) is 1. The van der Waals surface area contributed by atoms with Crippen LogP contribution in [0.4, 0.5) is 14.5 Å². The highest BCUT2D eigenvalue weighted by Gasteiger charge is 2.37. The van der Waals surface area contributed by atoms with Crippen LogP contribution in [-0.4, -0.2) is 85.8 Å². The summed E-state index contributed by atoms with van der Waals surface area (Å²) in [6, 6.07) is 5.81. The van der Waals surface area contributed by atoms with E-state index in [0.717, 1.165) is 19.5 Å². The van der Waals surface area contributed by atoms with E-state index in [1.807, 2.05) is 4.90 Å². The number of aromatic nitrogens is 5. The first-order valence-electron chi connectivity index (χ1n) is 13.1. The third-order valence-corrected chi connectivity index (χ3v) is 7.82. The Kier molecular flexibility index (Phi) is 7.30. The lowest BCUT2D eigenvalue weighted by Gasteiger charge is -2.34. The fourth-order valence-corrected chi connectivity index (χ4v) is 5.90. The van der Waals surface area contributed by atoms with Crippen LogP contribution >= 0.6 is 11.6 Å². The van der Waals surface area contributed by atoms with Gasteiger partial charge in [0.05, 0.1) is 11.9 Å². The lowest BCUT2D eigenvalue weighted by atomic mass is 9.89. The van der Waals surface area contributed by atoms with Crippen LogP contribution in [0, 0.1) is 11.8 Å². The number of nitrogens with zero attached hydrogens (tertiary/aromatic N) is 7. The third-order valence-electron chi connectivity index (χ3n) is 7.58. The van der Waals surface area contributed by atoms with Crippen molar-refractivity contribution in [2.45, 2.75) is 19.6 Å². The smallest absolute Gasteiger partial charge is 0.387 e. The summed E-state index contributed by atoms with van der Waals surface area (Å²) in [6.45, 7) is 0.140. The molecule has 214 valence electrons. The van der Waals surface area contributed by atoms with Gasteiger partial charge in [-0.2, -0.15) is 19.0 Å². The summed E-state index contributed by atoms with van der Waals surface area (Å²) in [7, 11) is 2.09. The van der Waals surface area contributed by atoms with Gasteiger partial charge in [-0.3, -0.25) is 14.3 Å². The van der Waals surface area contributed by atoms with Crippen LogP contribution in [0.15, 0.2) is 49.1 Å².